The number of thiazole rings is 1. The SMILES string of the molecule is C=CCOc1ccc(C2c3c(oc4ccc(Br)cc4c3=O)C(=O)N2c2nccs2)cc1OCC. The highest BCUT2D eigenvalue weighted by molar-refractivity contribution is 9.10. The van der Waals surface area contributed by atoms with Crippen molar-refractivity contribution >= 4 is 49.3 Å². The van der Waals surface area contributed by atoms with Crippen LogP contribution >= 0.6 is 27.3 Å². The van der Waals surface area contributed by atoms with E-state index in [1.807, 2.05) is 13.0 Å². The van der Waals surface area contributed by atoms with Gasteiger partial charge < -0.3 is 13.9 Å². The molecule has 1 aliphatic heterocycles. The van der Waals surface area contributed by atoms with Crippen LogP contribution in [0.4, 0.5) is 5.13 Å². The van der Waals surface area contributed by atoms with Crippen LogP contribution in [-0.4, -0.2) is 24.1 Å². The average molecular weight is 539 g/mol. The lowest BCUT2D eigenvalue weighted by molar-refractivity contribution is 0.0971. The Hall–Kier alpha value is -3.43. The fourth-order valence-corrected chi connectivity index (χ4v) is 5.05. The van der Waals surface area contributed by atoms with Gasteiger partial charge in [-0.05, 0) is 42.8 Å². The molecule has 5 rings (SSSR count). The van der Waals surface area contributed by atoms with Crippen molar-refractivity contribution in [2.75, 3.05) is 18.1 Å². The monoisotopic (exact) mass is 538 g/mol. The second-order valence-corrected chi connectivity index (χ2v) is 9.23. The molecule has 1 amide bonds. The largest absolute Gasteiger partial charge is 0.490 e. The Balaban J connectivity index is 1.75. The lowest BCUT2D eigenvalue weighted by Crippen LogP contribution is -2.29. The van der Waals surface area contributed by atoms with Gasteiger partial charge in [-0.15, -0.1) is 11.3 Å². The topological polar surface area (TPSA) is 81.9 Å². The van der Waals surface area contributed by atoms with Gasteiger partial charge in [0.2, 0.25) is 5.76 Å². The Morgan fingerprint density at radius 2 is 2.06 bits per heavy atom. The normalized spacial score (nSPS) is 14.9. The molecule has 3 heterocycles. The maximum atomic E-state index is 13.7. The van der Waals surface area contributed by atoms with E-state index < -0.39 is 11.9 Å². The first-order valence-electron chi connectivity index (χ1n) is 10.5. The van der Waals surface area contributed by atoms with Gasteiger partial charge in [0.25, 0.3) is 5.91 Å². The van der Waals surface area contributed by atoms with Gasteiger partial charge in [-0.1, -0.05) is 34.7 Å². The molecule has 34 heavy (non-hydrogen) atoms. The number of nitrogens with zero attached hydrogens (tertiary/aromatic N) is 2. The molecule has 0 radical (unpaired) electrons. The zero-order valence-corrected chi connectivity index (χ0v) is 20.5. The molecule has 0 fully saturated rings. The van der Waals surface area contributed by atoms with E-state index in [9.17, 15) is 9.59 Å². The summed E-state index contributed by atoms with van der Waals surface area (Å²) in [4.78, 5) is 33.1. The summed E-state index contributed by atoms with van der Waals surface area (Å²) in [5.41, 5.74) is 1.04. The summed E-state index contributed by atoms with van der Waals surface area (Å²) >= 11 is 4.72. The quantitative estimate of drug-likeness (QED) is 0.279. The molecule has 1 unspecified atom stereocenters. The van der Waals surface area contributed by atoms with Crippen LogP contribution in [0.25, 0.3) is 11.0 Å². The predicted octanol–water partition coefficient (Wildman–Crippen LogP) is 5.73. The predicted molar refractivity (Wildman–Crippen MR) is 134 cm³/mol. The summed E-state index contributed by atoms with van der Waals surface area (Å²) in [6.07, 6.45) is 3.27. The zero-order valence-electron chi connectivity index (χ0n) is 18.1. The first kappa shape index (κ1) is 22.4. The molecule has 2 aromatic heterocycles. The number of benzene rings is 2. The molecule has 9 heteroatoms. The highest BCUT2D eigenvalue weighted by Gasteiger charge is 2.45. The highest BCUT2D eigenvalue weighted by Crippen LogP contribution is 2.43. The van der Waals surface area contributed by atoms with E-state index in [0.29, 0.717) is 46.4 Å². The summed E-state index contributed by atoms with van der Waals surface area (Å²) in [6.45, 7) is 6.30. The van der Waals surface area contributed by atoms with Gasteiger partial charge in [0.05, 0.1) is 23.6 Å². The van der Waals surface area contributed by atoms with E-state index in [1.54, 1.807) is 48.0 Å². The number of halogens is 1. The number of aromatic nitrogens is 1. The van der Waals surface area contributed by atoms with Gasteiger partial charge in [-0.2, -0.15) is 0 Å². The van der Waals surface area contributed by atoms with Crippen molar-refractivity contribution in [3.63, 3.8) is 0 Å². The van der Waals surface area contributed by atoms with Crippen LogP contribution in [0, 0.1) is 0 Å². The van der Waals surface area contributed by atoms with Crippen LogP contribution in [0.2, 0.25) is 0 Å². The van der Waals surface area contributed by atoms with Crippen LogP contribution in [0.15, 0.2) is 74.3 Å². The number of ether oxygens (including phenoxy) is 2. The molecule has 1 atom stereocenters. The third-order valence-corrected chi connectivity index (χ3v) is 6.66. The number of carbonyl (C=O) groups excluding carboxylic acids is 1. The van der Waals surface area contributed by atoms with Gasteiger partial charge in [-0.3, -0.25) is 14.5 Å². The molecule has 172 valence electrons. The van der Waals surface area contributed by atoms with Crippen molar-refractivity contribution in [3.8, 4) is 11.5 Å². The zero-order chi connectivity index (χ0) is 23.8. The summed E-state index contributed by atoms with van der Waals surface area (Å²) in [5.74, 6) is 0.659. The molecule has 0 saturated heterocycles. The van der Waals surface area contributed by atoms with Gasteiger partial charge >= 0.3 is 0 Å². The summed E-state index contributed by atoms with van der Waals surface area (Å²) < 4.78 is 18.3. The Kier molecular flexibility index (Phi) is 5.97. The minimum Gasteiger partial charge on any atom is -0.490 e. The minimum atomic E-state index is -0.735. The van der Waals surface area contributed by atoms with Crippen molar-refractivity contribution in [1.82, 2.24) is 4.98 Å². The first-order chi connectivity index (χ1) is 16.5. The smallest absolute Gasteiger partial charge is 0.297 e. The number of hydrogen-bond acceptors (Lipinski definition) is 7. The molecule has 4 aromatic rings. The molecule has 1 aliphatic rings. The fraction of sp³-hybridized carbons (Fsp3) is 0.160. The van der Waals surface area contributed by atoms with Crippen LogP contribution in [0.3, 0.4) is 0 Å². The lowest BCUT2D eigenvalue weighted by atomic mass is 9.98. The molecule has 0 N–H and O–H groups in total. The number of anilines is 1. The molecule has 0 saturated carbocycles. The standard InChI is InChI=1S/C25H19BrN2O5S/c1-3-10-32-18-7-5-14(12-19(18)31-4-2)21-20-22(29)16-13-15(26)6-8-17(16)33-23(20)24(30)28(21)25-27-9-11-34-25/h3,5-9,11-13,21H,1,4,10H2,2H3. The maximum Gasteiger partial charge on any atom is 0.297 e. The molecule has 0 spiro atoms. The van der Waals surface area contributed by atoms with E-state index in [0.717, 1.165) is 4.47 Å². The van der Waals surface area contributed by atoms with Crippen LogP contribution in [0.1, 0.15) is 34.6 Å². The van der Waals surface area contributed by atoms with Crippen LogP contribution in [-0.2, 0) is 0 Å². The number of carbonyl (C=O) groups is 1. The number of rotatable bonds is 7. The van der Waals surface area contributed by atoms with E-state index in [4.69, 9.17) is 13.9 Å². The second-order valence-electron chi connectivity index (χ2n) is 7.45. The Morgan fingerprint density at radius 3 is 2.79 bits per heavy atom. The van der Waals surface area contributed by atoms with Crippen LogP contribution in [0.5, 0.6) is 11.5 Å². The van der Waals surface area contributed by atoms with Crippen molar-refractivity contribution in [1.29, 1.82) is 0 Å². The van der Waals surface area contributed by atoms with Gasteiger partial charge in [-0.25, -0.2) is 4.98 Å². The van der Waals surface area contributed by atoms with Gasteiger partial charge in [0, 0.05) is 16.0 Å². The molecule has 2 aromatic carbocycles. The fourth-order valence-electron chi connectivity index (χ4n) is 4.02. The van der Waals surface area contributed by atoms with Gasteiger partial charge in [0.15, 0.2) is 22.1 Å². The van der Waals surface area contributed by atoms with E-state index >= 15 is 0 Å². The molecular formula is C25H19BrN2O5S. The third kappa shape index (κ3) is 3.70. The molecule has 7 nitrogen and oxygen atoms in total. The summed E-state index contributed by atoms with van der Waals surface area (Å²) in [7, 11) is 0. The highest BCUT2D eigenvalue weighted by atomic mass is 79.9. The number of hydrogen-bond donors (Lipinski definition) is 0. The molecule has 0 aliphatic carbocycles. The summed E-state index contributed by atoms with van der Waals surface area (Å²) in [6, 6.07) is 9.79. The van der Waals surface area contributed by atoms with E-state index in [-0.39, 0.29) is 16.8 Å². The van der Waals surface area contributed by atoms with E-state index in [2.05, 4.69) is 27.5 Å². The Labute approximate surface area is 207 Å². The van der Waals surface area contributed by atoms with Crippen LogP contribution < -0.4 is 19.8 Å². The lowest BCUT2D eigenvalue weighted by Gasteiger charge is -2.23. The second kappa shape index (κ2) is 9.08. The van der Waals surface area contributed by atoms with Crippen molar-refractivity contribution in [3.05, 3.63) is 92.2 Å². The molecular weight excluding hydrogens is 520 g/mol. The molecule has 0 bridgehead atoms. The van der Waals surface area contributed by atoms with E-state index in [1.165, 1.54) is 16.2 Å². The van der Waals surface area contributed by atoms with Crippen molar-refractivity contribution in [2.24, 2.45) is 0 Å². The Morgan fingerprint density at radius 1 is 1.21 bits per heavy atom. The van der Waals surface area contributed by atoms with Crippen molar-refractivity contribution < 1.29 is 18.7 Å². The third-order valence-electron chi connectivity index (χ3n) is 5.40. The van der Waals surface area contributed by atoms with Gasteiger partial charge in [0.1, 0.15) is 12.2 Å². The Bertz CT molecular complexity index is 1460. The average Bonchev–Trinajstić information content (AvgIpc) is 3.46. The number of fused-ring (bicyclic) bond motifs is 2. The number of amides is 1. The maximum absolute atomic E-state index is 13.7. The minimum absolute atomic E-state index is 0.0185. The van der Waals surface area contributed by atoms with Crippen molar-refractivity contribution in [2.45, 2.75) is 13.0 Å². The summed E-state index contributed by atoms with van der Waals surface area (Å²) in [5, 5.41) is 2.64. The first-order valence-corrected chi connectivity index (χ1v) is 12.2.